The molecule has 4 nitrogen and oxygen atoms in total. The van der Waals surface area contributed by atoms with Gasteiger partial charge in [0.15, 0.2) is 5.78 Å². The first kappa shape index (κ1) is 18.5. The van der Waals surface area contributed by atoms with E-state index in [0.29, 0.717) is 18.8 Å². The molecule has 0 saturated carbocycles. The van der Waals surface area contributed by atoms with E-state index in [2.05, 4.69) is 4.90 Å². The van der Waals surface area contributed by atoms with Gasteiger partial charge in [-0.15, -0.1) is 12.4 Å². The van der Waals surface area contributed by atoms with Gasteiger partial charge in [-0.3, -0.25) is 9.69 Å². The number of hydrogen-bond acceptors (Lipinski definition) is 4. The van der Waals surface area contributed by atoms with Crippen LogP contribution in [0.15, 0.2) is 54.6 Å². The van der Waals surface area contributed by atoms with Gasteiger partial charge < -0.3 is 9.47 Å². The minimum Gasteiger partial charge on any atom is -0.497 e. The Kier molecular flexibility index (Phi) is 6.79. The van der Waals surface area contributed by atoms with Crippen molar-refractivity contribution in [2.24, 2.45) is 0 Å². The van der Waals surface area contributed by atoms with Crippen LogP contribution in [0.1, 0.15) is 22.0 Å². The highest BCUT2D eigenvalue weighted by molar-refractivity contribution is 6.00. The molecule has 1 atom stereocenters. The van der Waals surface area contributed by atoms with Crippen LogP contribution < -0.4 is 4.74 Å². The molecule has 128 valence electrons. The molecule has 1 fully saturated rings. The zero-order chi connectivity index (χ0) is 16.1. The number of Topliss-reactive ketones (excluding diaryl/α,β-unsaturated/α-hetero) is 1. The summed E-state index contributed by atoms with van der Waals surface area (Å²) in [4.78, 5) is 15.3. The second-order valence-electron chi connectivity index (χ2n) is 5.55. The molecule has 0 bridgehead atoms. The number of halogens is 1. The van der Waals surface area contributed by atoms with Crippen LogP contribution in [-0.2, 0) is 4.74 Å². The van der Waals surface area contributed by atoms with Gasteiger partial charge in [-0.1, -0.05) is 30.3 Å². The van der Waals surface area contributed by atoms with E-state index in [9.17, 15) is 4.79 Å². The Balaban J connectivity index is 0.00000208. The summed E-state index contributed by atoms with van der Waals surface area (Å²) in [5, 5.41) is 0. The van der Waals surface area contributed by atoms with E-state index in [1.807, 2.05) is 54.6 Å². The second-order valence-corrected chi connectivity index (χ2v) is 5.55. The smallest absolute Gasteiger partial charge is 0.184 e. The molecule has 1 unspecified atom stereocenters. The average molecular weight is 348 g/mol. The van der Waals surface area contributed by atoms with Gasteiger partial charge in [0, 0.05) is 18.7 Å². The molecule has 2 aromatic rings. The van der Waals surface area contributed by atoms with E-state index in [1.54, 1.807) is 7.11 Å². The molecule has 1 saturated heterocycles. The summed E-state index contributed by atoms with van der Waals surface area (Å²) in [5.74, 6) is 0.866. The Morgan fingerprint density at radius 3 is 2.25 bits per heavy atom. The van der Waals surface area contributed by atoms with Crippen molar-refractivity contribution in [2.45, 2.75) is 6.04 Å². The van der Waals surface area contributed by atoms with E-state index in [0.717, 1.165) is 24.4 Å². The third-order valence-corrected chi connectivity index (χ3v) is 4.15. The summed E-state index contributed by atoms with van der Waals surface area (Å²) in [5.41, 5.74) is 1.72. The molecule has 0 aromatic heterocycles. The summed E-state index contributed by atoms with van der Waals surface area (Å²) in [6.45, 7) is 2.86. The van der Waals surface area contributed by atoms with Crippen LogP contribution in [0.4, 0.5) is 0 Å². The van der Waals surface area contributed by atoms with Crippen LogP contribution in [0.5, 0.6) is 5.75 Å². The molecule has 1 aliphatic rings. The lowest BCUT2D eigenvalue weighted by atomic mass is 9.95. The lowest BCUT2D eigenvalue weighted by Gasteiger charge is -2.33. The lowest BCUT2D eigenvalue weighted by molar-refractivity contribution is 0.0172. The first-order valence-electron chi connectivity index (χ1n) is 7.84. The zero-order valence-electron chi connectivity index (χ0n) is 13.7. The Bertz CT molecular complexity index is 639. The Morgan fingerprint density at radius 2 is 1.67 bits per heavy atom. The van der Waals surface area contributed by atoms with Crippen molar-refractivity contribution >= 4 is 18.2 Å². The molecule has 2 aromatic carbocycles. The molecule has 0 spiro atoms. The number of methoxy groups -OCH3 is 1. The maximum atomic E-state index is 13.1. The van der Waals surface area contributed by atoms with Gasteiger partial charge in [-0.25, -0.2) is 0 Å². The molecular weight excluding hydrogens is 326 g/mol. The highest BCUT2D eigenvalue weighted by Crippen LogP contribution is 2.26. The third-order valence-electron chi connectivity index (χ3n) is 4.15. The van der Waals surface area contributed by atoms with Crippen LogP contribution in [0.3, 0.4) is 0 Å². The normalized spacial score (nSPS) is 16.0. The van der Waals surface area contributed by atoms with Crippen LogP contribution >= 0.6 is 12.4 Å². The van der Waals surface area contributed by atoms with Crippen LogP contribution in [0.2, 0.25) is 0 Å². The largest absolute Gasteiger partial charge is 0.497 e. The van der Waals surface area contributed by atoms with Gasteiger partial charge in [0.05, 0.1) is 26.4 Å². The van der Waals surface area contributed by atoms with Crippen molar-refractivity contribution < 1.29 is 14.3 Å². The summed E-state index contributed by atoms with van der Waals surface area (Å²) in [6, 6.07) is 17.0. The van der Waals surface area contributed by atoms with Crippen molar-refractivity contribution in [2.75, 3.05) is 33.4 Å². The number of ketones is 1. The Morgan fingerprint density at radius 1 is 1.04 bits per heavy atom. The maximum Gasteiger partial charge on any atom is 0.184 e. The van der Waals surface area contributed by atoms with Gasteiger partial charge in [-0.2, -0.15) is 0 Å². The molecular formula is C19H22ClNO3. The van der Waals surface area contributed by atoms with Gasteiger partial charge in [0.25, 0.3) is 0 Å². The number of nitrogens with zero attached hydrogens (tertiary/aromatic N) is 1. The molecule has 0 radical (unpaired) electrons. The summed E-state index contributed by atoms with van der Waals surface area (Å²) < 4.78 is 10.6. The molecule has 3 rings (SSSR count). The quantitative estimate of drug-likeness (QED) is 0.777. The molecule has 24 heavy (non-hydrogen) atoms. The molecule has 0 amide bonds. The van der Waals surface area contributed by atoms with Crippen LogP contribution in [-0.4, -0.2) is 44.1 Å². The van der Waals surface area contributed by atoms with E-state index >= 15 is 0 Å². The maximum absolute atomic E-state index is 13.1. The first-order valence-corrected chi connectivity index (χ1v) is 7.84. The van der Waals surface area contributed by atoms with Crippen molar-refractivity contribution in [3.8, 4) is 5.75 Å². The molecule has 1 aliphatic heterocycles. The van der Waals surface area contributed by atoms with E-state index < -0.39 is 0 Å². The van der Waals surface area contributed by atoms with Crippen molar-refractivity contribution in [3.63, 3.8) is 0 Å². The third kappa shape index (κ3) is 4.15. The number of hydrogen-bond donors (Lipinski definition) is 0. The summed E-state index contributed by atoms with van der Waals surface area (Å²) >= 11 is 0. The monoisotopic (exact) mass is 347 g/mol. The van der Waals surface area contributed by atoms with E-state index in [-0.39, 0.29) is 24.2 Å². The Hall–Kier alpha value is -1.88. The predicted octanol–water partition coefficient (Wildman–Crippen LogP) is 3.37. The molecule has 0 aliphatic carbocycles. The van der Waals surface area contributed by atoms with Gasteiger partial charge in [-0.05, 0) is 29.8 Å². The molecule has 0 N–H and O–H groups in total. The number of carbonyl (C=O) groups excluding carboxylic acids is 1. The lowest BCUT2D eigenvalue weighted by Crippen LogP contribution is -2.42. The molecule has 1 heterocycles. The Labute approximate surface area is 148 Å². The number of ether oxygens (including phenoxy) is 2. The van der Waals surface area contributed by atoms with Gasteiger partial charge in [0.1, 0.15) is 5.75 Å². The number of carbonyl (C=O) groups is 1. The van der Waals surface area contributed by atoms with Gasteiger partial charge >= 0.3 is 0 Å². The van der Waals surface area contributed by atoms with Crippen molar-refractivity contribution in [3.05, 3.63) is 65.7 Å². The zero-order valence-corrected chi connectivity index (χ0v) is 14.5. The fourth-order valence-corrected chi connectivity index (χ4v) is 2.91. The standard InChI is InChI=1S/C19H21NO3.ClH/c1-22-17-9-7-16(8-10-17)19(21)18(15-5-3-2-4-6-15)20-11-13-23-14-12-20;/h2-10,18H,11-14H2,1H3;1H. The van der Waals surface area contributed by atoms with Crippen molar-refractivity contribution in [1.29, 1.82) is 0 Å². The number of morpholine rings is 1. The van der Waals surface area contributed by atoms with E-state index in [1.165, 1.54) is 0 Å². The van der Waals surface area contributed by atoms with E-state index in [4.69, 9.17) is 9.47 Å². The first-order chi connectivity index (χ1) is 11.3. The predicted molar refractivity (Wildman–Crippen MR) is 96.1 cm³/mol. The topological polar surface area (TPSA) is 38.8 Å². The van der Waals surface area contributed by atoms with Crippen molar-refractivity contribution in [1.82, 2.24) is 4.90 Å². The number of rotatable bonds is 5. The second kappa shape index (κ2) is 8.83. The minimum absolute atomic E-state index is 0. The minimum atomic E-state index is -0.270. The highest BCUT2D eigenvalue weighted by Gasteiger charge is 2.29. The van der Waals surface area contributed by atoms with Gasteiger partial charge in [0.2, 0.25) is 0 Å². The average Bonchev–Trinajstić information content (AvgIpc) is 2.64. The van der Waals surface area contributed by atoms with Crippen LogP contribution in [0.25, 0.3) is 0 Å². The number of benzene rings is 2. The SMILES string of the molecule is COc1ccc(C(=O)C(c2ccccc2)N2CCOCC2)cc1.Cl. The fourth-order valence-electron chi connectivity index (χ4n) is 2.91. The highest BCUT2D eigenvalue weighted by atomic mass is 35.5. The fraction of sp³-hybridized carbons (Fsp3) is 0.316. The summed E-state index contributed by atoms with van der Waals surface area (Å²) in [6.07, 6.45) is 0. The summed E-state index contributed by atoms with van der Waals surface area (Å²) in [7, 11) is 1.62. The molecule has 5 heteroatoms. The van der Waals surface area contributed by atoms with Crippen LogP contribution in [0, 0.1) is 0 Å².